The lowest BCUT2D eigenvalue weighted by atomic mass is 9.97. The molecule has 0 radical (unpaired) electrons. The van der Waals surface area contributed by atoms with Crippen LogP contribution < -0.4 is 11.0 Å². The minimum atomic E-state index is -0.346. The largest absolute Gasteiger partial charge is 0.352 e. The van der Waals surface area contributed by atoms with Crippen LogP contribution in [0.4, 0.5) is 5.69 Å². The van der Waals surface area contributed by atoms with Crippen LogP contribution in [-0.2, 0) is 24.2 Å². The summed E-state index contributed by atoms with van der Waals surface area (Å²) in [5, 5.41) is 8.41. The summed E-state index contributed by atoms with van der Waals surface area (Å²) in [4.78, 5) is 32.2. The molecular weight excluding hydrogens is 386 g/mol. The summed E-state index contributed by atoms with van der Waals surface area (Å²) >= 11 is 1.69. The molecule has 8 heteroatoms. The first-order valence-corrected chi connectivity index (χ1v) is 10.6. The molecule has 0 fully saturated rings. The van der Waals surface area contributed by atoms with Crippen molar-refractivity contribution in [1.82, 2.24) is 19.2 Å². The molecule has 0 atom stereocenters. The van der Waals surface area contributed by atoms with Gasteiger partial charge in [-0.1, -0.05) is 18.2 Å². The van der Waals surface area contributed by atoms with Gasteiger partial charge in [0.1, 0.15) is 17.7 Å². The molecule has 0 saturated heterocycles. The van der Waals surface area contributed by atoms with Gasteiger partial charge in [-0.05, 0) is 56.2 Å². The number of anilines is 1. The number of aromatic nitrogens is 4. The van der Waals surface area contributed by atoms with E-state index in [4.69, 9.17) is 0 Å². The SMILES string of the molecule is Cc1cccc(C)c1NC(=O)Cn1nc2c3c4c(sc3ncn2c1=O)CCCC4. The van der Waals surface area contributed by atoms with Crippen LogP contribution >= 0.6 is 11.3 Å². The van der Waals surface area contributed by atoms with E-state index in [1.54, 1.807) is 11.3 Å². The van der Waals surface area contributed by atoms with Crippen LogP contribution in [0.15, 0.2) is 29.3 Å². The summed E-state index contributed by atoms with van der Waals surface area (Å²) in [5.41, 5.74) is 4.27. The molecule has 148 valence electrons. The lowest BCUT2D eigenvalue weighted by molar-refractivity contribution is -0.117. The van der Waals surface area contributed by atoms with Crippen molar-refractivity contribution in [3.63, 3.8) is 0 Å². The number of nitrogens with one attached hydrogen (secondary N) is 1. The minimum absolute atomic E-state index is 0.137. The molecule has 1 aliphatic carbocycles. The summed E-state index contributed by atoms with van der Waals surface area (Å²) in [5.74, 6) is -0.274. The zero-order valence-electron chi connectivity index (χ0n) is 16.4. The first kappa shape index (κ1) is 18.1. The van der Waals surface area contributed by atoms with Gasteiger partial charge in [0.25, 0.3) is 0 Å². The van der Waals surface area contributed by atoms with E-state index in [2.05, 4.69) is 15.4 Å². The fourth-order valence-electron chi connectivity index (χ4n) is 4.11. The number of rotatable bonds is 3. The van der Waals surface area contributed by atoms with E-state index in [0.29, 0.717) is 5.65 Å². The fourth-order valence-corrected chi connectivity index (χ4v) is 5.33. The van der Waals surface area contributed by atoms with E-state index < -0.39 is 0 Å². The highest BCUT2D eigenvalue weighted by molar-refractivity contribution is 7.19. The number of benzene rings is 1. The van der Waals surface area contributed by atoms with Gasteiger partial charge in [0.15, 0.2) is 5.65 Å². The first-order valence-electron chi connectivity index (χ1n) is 9.77. The molecular formula is C21H21N5O2S. The predicted molar refractivity (Wildman–Crippen MR) is 114 cm³/mol. The van der Waals surface area contributed by atoms with Crippen molar-refractivity contribution in [1.29, 1.82) is 0 Å². The molecule has 1 aromatic carbocycles. The maximum atomic E-state index is 12.8. The summed E-state index contributed by atoms with van der Waals surface area (Å²) in [6, 6.07) is 5.84. The third-order valence-electron chi connectivity index (χ3n) is 5.58. The highest BCUT2D eigenvalue weighted by Gasteiger charge is 2.22. The van der Waals surface area contributed by atoms with E-state index in [1.165, 1.54) is 32.3 Å². The van der Waals surface area contributed by atoms with Gasteiger partial charge in [0, 0.05) is 10.6 Å². The van der Waals surface area contributed by atoms with Crippen molar-refractivity contribution in [2.45, 2.75) is 46.1 Å². The Morgan fingerprint density at radius 1 is 1.21 bits per heavy atom. The summed E-state index contributed by atoms with van der Waals surface area (Å²) in [6.07, 6.45) is 5.91. The van der Waals surface area contributed by atoms with Gasteiger partial charge in [-0.25, -0.2) is 18.9 Å². The Balaban J connectivity index is 1.53. The molecule has 7 nitrogen and oxygen atoms in total. The van der Waals surface area contributed by atoms with E-state index in [9.17, 15) is 9.59 Å². The number of fused-ring (bicyclic) bond motifs is 5. The fraction of sp³-hybridized carbons (Fsp3) is 0.333. The second-order valence-corrected chi connectivity index (χ2v) is 8.67. The van der Waals surface area contributed by atoms with Crippen LogP contribution in [0.2, 0.25) is 0 Å². The number of aryl methyl sites for hydroxylation is 4. The molecule has 1 aliphatic rings. The number of hydrogen-bond donors (Lipinski definition) is 1. The maximum absolute atomic E-state index is 12.8. The molecule has 0 saturated carbocycles. The van der Waals surface area contributed by atoms with E-state index >= 15 is 0 Å². The standard InChI is InChI=1S/C21H21N5O2S/c1-12-6-5-7-13(2)18(12)23-16(27)10-26-21(28)25-11-22-20-17(19(25)24-26)14-8-3-4-9-15(14)29-20/h5-7,11H,3-4,8-10H2,1-2H3,(H,23,27). The molecule has 5 rings (SSSR count). The average molecular weight is 407 g/mol. The molecule has 3 heterocycles. The van der Waals surface area contributed by atoms with Gasteiger partial charge < -0.3 is 5.32 Å². The third kappa shape index (κ3) is 2.95. The number of thiophene rings is 1. The smallest absolute Gasteiger partial charge is 0.324 e. The second-order valence-electron chi connectivity index (χ2n) is 7.58. The number of carbonyl (C=O) groups excluding carboxylic acids is 1. The Hall–Kier alpha value is -3.00. The Morgan fingerprint density at radius 3 is 2.76 bits per heavy atom. The van der Waals surface area contributed by atoms with Crippen LogP contribution in [0.5, 0.6) is 0 Å². The molecule has 0 unspecified atom stereocenters. The molecule has 0 spiro atoms. The number of carbonyl (C=O) groups is 1. The number of amides is 1. The summed E-state index contributed by atoms with van der Waals surface area (Å²) in [7, 11) is 0. The zero-order chi connectivity index (χ0) is 20.1. The van der Waals surface area contributed by atoms with Crippen molar-refractivity contribution >= 4 is 38.8 Å². The maximum Gasteiger partial charge on any atom is 0.352 e. The highest BCUT2D eigenvalue weighted by Crippen LogP contribution is 2.36. The van der Waals surface area contributed by atoms with Crippen molar-refractivity contribution in [3.8, 4) is 0 Å². The van der Waals surface area contributed by atoms with Crippen LogP contribution in [0.25, 0.3) is 15.9 Å². The van der Waals surface area contributed by atoms with Crippen molar-refractivity contribution in [3.05, 3.63) is 56.6 Å². The second kappa shape index (κ2) is 6.81. The van der Waals surface area contributed by atoms with Gasteiger partial charge in [-0.3, -0.25) is 4.79 Å². The molecule has 29 heavy (non-hydrogen) atoms. The Morgan fingerprint density at radius 2 is 1.97 bits per heavy atom. The lowest BCUT2D eigenvalue weighted by Gasteiger charge is -2.11. The average Bonchev–Trinajstić information content (AvgIpc) is 3.23. The van der Waals surface area contributed by atoms with Crippen molar-refractivity contribution < 1.29 is 4.79 Å². The predicted octanol–water partition coefficient (Wildman–Crippen LogP) is 3.24. The number of hydrogen-bond acceptors (Lipinski definition) is 5. The van der Waals surface area contributed by atoms with Crippen LogP contribution in [0.3, 0.4) is 0 Å². The van der Waals surface area contributed by atoms with Crippen LogP contribution in [0, 0.1) is 13.8 Å². The first-order chi connectivity index (χ1) is 14.0. The number of para-hydroxylation sites is 1. The third-order valence-corrected chi connectivity index (χ3v) is 6.78. The minimum Gasteiger partial charge on any atom is -0.324 e. The highest BCUT2D eigenvalue weighted by atomic mass is 32.1. The normalized spacial score (nSPS) is 13.7. The van der Waals surface area contributed by atoms with Gasteiger partial charge in [0.2, 0.25) is 5.91 Å². The Bertz CT molecular complexity index is 1310. The van der Waals surface area contributed by atoms with Crippen LogP contribution in [-0.4, -0.2) is 25.1 Å². The number of nitrogens with zero attached hydrogens (tertiary/aromatic N) is 4. The Kier molecular flexibility index (Phi) is 4.24. The van der Waals surface area contributed by atoms with E-state index in [1.807, 2.05) is 32.0 Å². The molecule has 1 amide bonds. The lowest BCUT2D eigenvalue weighted by Crippen LogP contribution is -2.28. The Labute approximate surface area is 171 Å². The molecule has 3 aromatic heterocycles. The van der Waals surface area contributed by atoms with Gasteiger partial charge in [0.05, 0.1) is 5.39 Å². The monoisotopic (exact) mass is 407 g/mol. The van der Waals surface area contributed by atoms with E-state index in [-0.39, 0.29) is 18.1 Å². The van der Waals surface area contributed by atoms with Gasteiger partial charge in [-0.15, -0.1) is 16.4 Å². The van der Waals surface area contributed by atoms with E-state index in [0.717, 1.165) is 46.3 Å². The van der Waals surface area contributed by atoms with Crippen molar-refractivity contribution in [2.75, 3.05) is 5.32 Å². The van der Waals surface area contributed by atoms with Crippen LogP contribution in [0.1, 0.15) is 34.4 Å². The molecule has 0 bridgehead atoms. The molecule has 1 N–H and O–H groups in total. The van der Waals surface area contributed by atoms with Gasteiger partial charge >= 0.3 is 5.69 Å². The summed E-state index contributed by atoms with van der Waals surface area (Å²) in [6.45, 7) is 3.76. The van der Waals surface area contributed by atoms with Crippen molar-refractivity contribution in [2.24, 2.45) is 0 Å². The van der Waals surface area contributed by atoms with Gasteiger partial charge in [-0.2, -0.15) is 0 Å². The quantitative estimate of drug-likeness (QED) is 0.565. The summed E-state index contributed by atoms with van der Waals surface area (Å²) < 4.78 is 2.68. The zero-order valence-corrected chi connectivity index (χ0v) is 17.2. The topological polar surface area (TPSA) is 81.3 Å². The molecule has 4 aromatic rings. The molecule has 0 aliphatic heterocycles.